The second kappa shape index (κ2) is 7.22. The highest BCUT2D eigenvalue weighted by molar-refractivity contribution is 5.36. The molecule has 120 valence electrons. The first kappa shape index (κ1) is 15.5. The number of benzene rings is 1. The maximum Gasteiger partial charge on any atom is 0.180 e. The van der Waals surface area contributed by atoms with Crippen LogP contribution in [0.2, 0.25) is 0 Å². The van der Waals surface area contributed by atoms with Gasteiger partial charge in [-0.1, -0.05) is 6.07 Å². The standard InChI is InChI=1S/C16H19N5O2/c1-12-18-16(20-19-12)15-11-21(6-8-23-15)5-7-22-14-4-2-3-13(9-14)10-17/h2-4,9,15H,5-8,11H2,1H3,(H,18,19,20)/t15-/m1/s1. The largest absolute Gasteiger partial charge is 0.492 e. The summed E-state index contributed by atoms with van der Waals surface area (Å²) in [5.41, 5.74) is 0.605. The van der Waals surface area contributed by atoms with Crippen LogP contribution in [0.5, 0.6) is 5.75 Å². The van der Waals surface area contributed by atoms with Gasteiger partial charge in [-0.05, 0) is 25.1 Å². The zero-order valence-corrected chi connectivity index (χ0v) is 13.0. The Morgan fingerprint density at radius 2 is 2.43 bits per heavy atom. The maximum atomic E-state index is 8.89. The molecule has 0 saturated carbocycles. The van der Waals surface area contributed by atoms with Gasteiger partial charge in [-0.15, -0.1) is 0 Å². The molecular weight excluding hydrogens is 294 g/mol. The van der Waals surface area contributed by atoms with E-state index in [0.717, 1.165) is 31.2 Å². The summed E-state index contributed by atoms with van der Waals surface area (Å²) in [4.78, 5) is 6.61. The minimum absolute atomic E-state index is 0.101. The molecule has 2 heterocycles. The Hall–Kier alpha value is -2.43. The fourth-order valence-corrected chi connectivity index (χ4v) is 2.51. The van der Waals surface area contributed by atoms with Crippen LogP contribution < -0.4 is 4.74 Å². The first-order valence-electron chi connectivity index (χ1n) is 7.60. The topological polar surface area (TPSA) is 87.1 Å². The Kier molecular flexibility index (Phi) is 4.86. The molecule has 1 aromatic carbocycles. The molecule has 23 heavy (non-hydrogen) atoms. The van der Waals surface area contributed by atoms with Crippen LogP contribution >= 0.6 is 0 Å². The Bertz CT molecular complexity index is 694. The van der Waals surface area contributed by atoms with Crippen molar-refractivity contribution in [2.75, 3.05) is 32.8 Å². The summed E-state index contributed by atoms with van der Waals surface area (Å²) in [6.07, 6.45) is -0.101. The summed E-state index contributed by atoms with van der Waals surface area (Å²) in [7, 11) is 0. The van der Waals surface area contributed by atoms with Gasteiger partial charge in [-0.25, -0.2) is 4.98 Å². The van der Waals surface area contributed by atoms with E-state index in [1.807, 2.05) is 19.1 Å². The molecule has 1 aromatic heterocycles. The van der Waals surface area contributed by atoms with Gasteiger partial charge in [-0.2, -0.15) is 10.4 Å². The minimum atomic E-state index is -0.101. The molecule has 1 aliphatic heterocycles. The third-order valence-corrected chi connectivity index (χ3v) is 3.69. The fraction of sp³-hybridized carbons (Fsp3) is 0.438. The average molecular weight is 313 g/mol. The number of aromatic nitrogens is 3. The highest BCUT2D eigenvalue weighted by atomic mass is 16.5. The molecule has 1 atom stereocenters. The Morgan fingerprint density at radius 3 is 3.22 bits per heavy atom. The van der Waals surface area contributed by atoms with E-state index in [-0.39, 0.29) is 6.10 Å². The molecular formula is C16H19N5O2. The number of nitrogens with one attached hydrogen (secondary N) is 1. The molecule has 0 unspecified atom stereocenters. The third-order valence-electron chi connectivity index (χ3n) is 3.69. The average Bonchev–Trinajstić information content (AvgIpc) is 3.02. The van der Waals surface area contributed by atoms with Gasteiger partial charge >= 0.3 is 0 Å². The molecule has 1 N–H and O–H groups in total. The van der Waals surface area contributed by atoms with E-state index in [1.54, 1.807) is 12.1 Å². The highest BCUT2D eigenvalue weighted by Crippen LogP contribution is 2.19. The van der Waals surface area contributed by atoms with Gasteiger partial charge in [0, 0.05) is 19.6 Å². The monoisotopic (exact) mass is 313 g/mol. The van der Waals surface area contributed by atoms with Crippen LogP contribution in [0.1, 0.15) is 23.3 Å². The number of morpholine rings is 1. The first-order valence-corrected chi connectivity index (χ1v) is 7.60. The summed E-state index contributed by atoms with van der Waals surface area (Å²) in [6.45, 7) is 5.50. The van der Waals surface area contributed by atoms with E-state index in [4.69, 9.17) is 14.7 Å². The second-order valence-corrected chi connectivity index (χ2v) is 5.43. The smallest absolute Gasteiger partial charge is 0.180 e. The molecule has 7 nitrogen and oxygen atoms in total. The normalized spacial score (nSPS) is 18.5. The predicted octanol–water partition coefficient (Wildman–Crippen LogP) is 1.44. The lowest BCUT2D eigenvalue weighted by Crippen LogP contribution is -2.40. The summed E-state index contributed by atoms with van der Waals surface area (Å²) in [5, 5.41) is 15.9. The SMILES string of the molecule is Cc1nc([C@H]2CN(CCOc3cccc(C#N)c3)CCO2)n[nH]1. The van der Waals surface area contributed by atoms with Crippen LogP contribution in [0.25, 0.3) is 0 Å². The number of aryl methyl sites for hydroxylation is 1. The van der Waals surface area contributed by atoms with Gasteiger partial charge in [0.1, 0.15) is 24.3 Å². The molecule has 0 amide bonds. The van der Waals surface area contributed by atoms with Crippen LogP contribution in [-0.4, -0.2) is 52.9 Å². The van der Waals surface area contributed by atoms with E-state index >= 15 is 0 Å². The summed E-state index contributed by atoms with van der Waals surface area (Å²) >= 11 is 0. The zero-order valence-electron chi connectivity index (χ0n) is 13.0. The van der Waals surface area contributed by atoms with Crippen molar-refractivity contribution in [2.24, 2.45) is 0 Å². The molecule has 0 spiro atoms. The lowest BCUT2D eigenvalue weighted by atomic mass is 10.2. The highest BCUT2D eigenvalue weighted by Gasteiger charge is 2.24. The minimum Gasteiger partial charge on any atom is -0.492 e. The molecule has 7 heteroatoms. The van der Waals surface area contributed by atoms with Crippen LogP contribution in [-0.2, 0) is 4.74 Å². The number of nitriles is 1. The zero-order chi connectivity index (χ0) is 16.1. The molecule has 0 aliphatic carbocycles. The van der Waals surface area contributed by atoms with Crippen molar-refractivity contribution in [3.63, 3.8) is 0 Å². The second-order valence-electron chi connectivity index (χ2n) is 5.43. The number of nitrogens with zero attached hydrogens (tertiary/aromatic N) is 4. The van der Waals surface area contributed by atoms with Crippen molar-refractivity contribution >= 4 is 0 Å². The van der Waals surface area contributed by atoms with E-state index in [2.05, 4.69) is 26.2 Å². The van der Waals surface area contributed by atoms with Crippen molar-refractivity contribution in [2.45, 2.75) is 13.0 Å². The quantitative estimate of drug-likeness (QED) is 0.898. The van der Waals surface area contributed by atoms with Gasteiger partial charge < -0.3 is 9.47 Å². The number of ether oxygens (including phenoxy) is 2. The number of aromatic amines is 1. The molecule has 1 aliphatic rings. The van der Waals surface area contributed by atoms with Crippen LogP contribution in [0.3, 0.4) is 0 Å². The molecule has 1 fully saturated rings. The van der Waals surface area contributed by atoms with Gasteiger partial charge in [0.25, 0.3) is 0 Å². The van der Waals surface area contributed by atoms with Crippen molar-refractivity contribution < 1.29 is 9.47 Å². The molecule has 0 bridgehead atoms. The Labute approximate surface area is 134 Å². The predicted molar refractivity (Wildman–Crippen MR) is 82.9 cm³/mol. The molecule has 0 radical (unpaired) electrons. The van der Waals surface area contributed by atoms with E-state index < -0.39 is 0 Å². The van der Waals surface area contributed by atoms with Crippen LogP contribution in [0.4, 0.5) is 0 Å². The van der Waals surface area contributed by atoms with Gasteiger partial charge in [-0.3, -0.25) is 10.00 Å². The number of hydrogen-bond acceptors (Lipinski definition) is 6. The van der Waals surface area contributed by atoms with Crippen molar-refractivity contribution in [3.05, 3.63) is 41.5 Å². The maximum absolute atomic E-state index is 8.89. The molecule has 1 saturated heterocycles. The van der Waals surface area contributed by atoms with E-state index in [0.29, 0.717) is 24.6 Å². The first-order chi connectivity index (χ1) is 11.2. The van der Waals surface area contributed by atoms with Crippen molar-refractivity contribution in [1.29, 1.82) is 5.26 Å². The number of rotatable bonds is 5. The summed E-state index contributed by atoms with van der Waals surface area (Å²) in [6, 6.07) is 9.30. The van der Waals surface area contributed by atoms with Crippen LogP contribution in [0.15, 0.2) is 24.3 Å². The Morgan fingerprint density at radius 1 is 1.52 bits per heavy atom. The third kappa shape index (κ3) is 4.06. The van der Waals surface area contributed by atoms with E-state index in [9.17, 15) is 0 Å². The van der Waals surface area contributed by atoms with Gasteiger partial charge in [0.2, 0.25) is 0 Å². The van der Waals surface area contributed by atoms with E-state index in [1.165, 1.54) is 0 Å². The fourth-order valence-electron chi connectivity index (χ4n) is 2.51. The number of hydrogen-bond donors (Lipinski definition) is 1. The lowest BCUT2D eigenvalue weighted by molar-refractivity contribution is -0.0369. The van der Waals surface area contributed by atoms with Crippen LogP contribution in [0, 0.1) is 18.3 Å². The van der Waals surface area contributed by atoms with Gasteiger partial charge in [0.05, 0.1) is 18.2 Å². The lowest BCUT2D eigenvalue weighted by Gasteiger charge is -2.31. The summed E-state index contributed by atoms with van der Waals surface area (Å²) in [5.74, 6) is 2.22. The van der Waals surface area contributed by atoms with Gasteiger partial charge in [0.15, 0.2) is 5.82 Å². The van der Waals surface area contributed by atoms with Crippen molar-refractivity contribution in [1.82, 2.24) is 20.1 Å². The molecule has 2 aromatic rings. The Balaban J connectivity index is 1.49. The van der Waals surface area contributed by atoms with Crippen molar-refractivity contribution in [3.8, 4) is 11.8 Å². The summed E-state index contributed by atoms with van der Waals surface area (Å²) < 4.78 is 11.5. The molecule has 3 rings (SSSR count). The number of H-pyrrole nitrogens is 1.